The molecule has 5 nitrogen and oxygen atoms in total. The molecule has 106 valence electrons. The van der Waals surface area contributed by atoms with Crippen molar-refractivity contribution in [3.8, 4) is 11.5 Å². The summed E-state index contributed by atoms with van der Waals surface area (Å²) in [6.45, 7) is 4.29. The minimum atomic E-state index is -0.780. The van der Waals surface area contributed by atoms with E-state index in [0.717, 1.165) is 11.5 Å². The average Bonchev–Trinajstić information content (AvgIpc) is 2.37. The first-order valence-electron chi connectivity index (χ1n) is 6.38. The van der Waals surface area contributed by atoms with Crippen molar-refractivity contribution in [1.29, 1.82) is 0 Å². The van der Waals surface area contributed by atoms with Crippen molar-refractivity contribution in [2.24, 2.45) is 0 Å². The van der Waals surface area contributed by atoms with Crippen LogP contribution in [-0.4, -0.2) is 49.3 Å². The van der Waals surface area contributed by atoms with E-state index in [1.54, 1.807) is 0 Å². The van der Waals surface area contributed by atoms with Gasteiger partial charge in [0.2, 0.25) is 0 Å². The van der Waals surface area contributed by atoms with Gasteiger partial charge in [-0.05, 0) is 26.1 Å². The minimum absolute atomic E-state index is 0.149. The molecule has 0 radical (unpaired) electrons. The number of aliphatic carboxylic acids is 1. The second kappa shape index (κ2) is 8.37. The lowest BCUT2D eigenvalue weighted by Crippen LogP contribution is -2.26. The van der Waals surface area contributed by atoms with E-state index >= 15 is 0 Å². The lowest BCUT2D eigenvalue weighted by Gasteiger charge is -2.16. The summed E-state index contributed by atoms with van der Waals surface area (Å²) in [5.74, 6) is 0.772. The van der Waals surface area contributed by atoms with E-state index in [4.69, 9.17) is 14.6 Å². The van der Waals surface area contributed by atoms with E-state index < -0.39 is 5.97 Å². The number of carboxylic acids is 1. The predicted octanol–water partition coefficient (Wildman–Crippen LogP) is 1.87. The van der Waals surface area contributed by atoms with Crippen LogP contribution in [0.15, 0.2) is 24.3 Å². The molecule has 0 aliphatic heterocycles. The molecule has 0 aromatic heterocycles. The third-order valence-corrected chi connectivity index (χ3v) is 2.57. The van der Waals surface area contributed by atoms with Crippen LogP contribution in [0.3, 0.4) is 0 Å². The maximum Gasteiger partial charge on any atom is 0.304 e. The van der Waals surface area contributed by atoms with Gasteiger partial charge >= 0.3 is 5.97 Å². The summed E-state index contributed by atoms with van der Waals surface area (Å²) in [5, 5.41) is 8.58. The Morgan fingerprint density at radius 2 is 1.95 bits per heavy atom. The number of likely N-dealkylation sites (N-methyl/N-ethyl adjacent to an activating group) is 1. The summed E-state index contributed by atoms with van der Waals surface area (Å²) in [4.78, 5) is 12.4. The van der Waals surface area contributed by atoms with Crippen LogP contribution in [0.25, 0.3) is 0 Å². The monoisotopic (exact) mass is 267 g/mol. The first-order valence-corrected chi connectivity index (χ1v) is 6.38. The van der Waals surface area contributed by atoms with Gasteiger partial charge in [0.15, 0.2) is 0 Å². The van der Waals surface area contributed by atoms with Crippen molar-refractivity contribution >= 4 is 5.97 Å². The lowest BCUT2D eigenvalue weighted by molar-refractivity contribution is -0.137. The van der Waals surface area contributed by atoms with Crippen molar-refractivity contribution < 1.29 is 19.4 Å². The zero-order chi connectivity index (χ0) is 14.1. The van der Waals surface area contributed by atoms with Crippen LogP contribution in [-0.2, 0) is 4.79 Å². The topological polar surface area (TPSA) is 59.0 Å². The number of nitrogens with zero attached hydrogens (tertiary/aromatic N) is 1. The Bertz CT molecular complexity index is 395. The van der Waals surface area contributed by atoms with Gasteiger partial charge < -0.3 is 19.5 Å². The Labute approximate surface area is 113 Å². The van der Waals surface area contributed by atoms with Crippen LogP contribution in [0.5, 0.6) is 11.5 Å². The molecule has 0 unspecified atom stereocenters. The lowest BCUT2D eigenvalue weighted by atomic mass is 10.3. The number of hydrogen-bond donors (Lipinski definition) is 1. The van der Waals surface area contributed by atoms with Crippen LogP contribution in [0.2, 0.25) is 0 Å². The largest absolute Gasteiger partial charge is 0.494 e. The summed E-state index contributed by atoms with van der Waals surface area (Å²) in [7, 11) is 1.88. The van der Waals surface area contributed by atoms with Gasteiger partial charge in [0.05, 0.1) is 13.0 Å². The molecule has 0 saturated heterocycles. The van der Waals surface area contributed by atoms with Crippen LogP contribution in [0.1, 0.15) is 13.3 Å². The number of rotatable bonds is 9. The maximum absolute atomic E-state index is 10.4. The van der Waals surface area contributed by atoms with E-state index in [1.165, 1.54) is 0 Å². The van der Waals surface area contributed by atoms with Gasteiger partial charge in [0.25, 0.3) is 0 Å². The molecule has 1 rings (SSSR count). The Hall–Kier alpha value is -1.75. The molecule has 0 fully saturated rings. The summed E-state index contributed by atoms with van der Waals surface area (Å²) >= 11 is 0. The minimum Gasteiger partial charge on any atom is -0.494 e. The van der Waals surface area contributed by atoms with Crippen LogP contribution >= 0.6 is 0 Å². The molecule has 0 heterocycles. The Morgan fingerprint density at radius 1 is 1.26 bits per heavy atom. The number of ether oxygens (including phenoxy) is 2. The van der Waals surface area contributed by atoms with E-state index in [9.17, 15) is 4.79 Å². The molecule has 0 amide bonds. The molecular weight excluding hydrogens is 246 g/mol. The summed E-state index contributed by atoms with van der Waals surface area (Å²) in [6, 6.07) is 7.49. The Morgan fingerprint density at radius 3 is 2.58 bits per heavy atom. The standard InChI is InChI=1S/C14H21NO4/c1-3-18-12-5-4-6-13(11-12)19-10-9-15(2)8-7-14(16)17/h4-6,11H,3,7-10H2,1-2H3,(H,16,17). The molecule has 0 spiro atoms. The first kappa shape index (κ1) is 15.3. The second-order valence-electron chi connectivity index (χ2n) is 4.20. The number of carbonyl (C=O) groups is 1. The zero-order valence-corrected chi connectivity index (χ0v) is 11.5. The second-order valence-corrected chi connectivity index (χ2v) is 4.20. The molecule has 1 N–H and O–H groups in total. The molecule has 1 aromatic carbocycles. The molecule has 0 aliphatic carbocycles. The van der Waals surface area contributed by atoms with Gasteiger partial charge in [-0.1, -0.05) is 6.07 Å². The van der Waals surface area contributed by atoms with Crippen molar-refractivity contribution in [2.45, 2.75) is 13.3 Å². The SMILES string of the molecule is CCOc1cccc(OCCN(C)CCC(=O)O)c1. The average molecular weight is 267 g/mol. The maximum atomic E-state index is 10.4. The van der Waals surface area contributed by atoms with Crippen molar-refractivity contribution in [3.63, 3.8) is 0 Å². The molecule has 5 heteroatoms. The fourth-order valence-electron chi connectivity index (χ4n) is 1.54. The van der Waals surface area contributed by atoms with Gasteiger partial charge in [-0.25, -0.2) is 0 Å². The molecule has 0 atom stereocenters. The quantitative estimate of drug-likeness (QED) is 0.740. The smallest absolute Gasteiger partial charge is 0.304 e. The van der Waals surface area contributed by atoms with E-state index in [2.05, 4.69) is 0 Å². The van der Waals surface area contributed by atoms with Crippen molar-refractivity contribution in [2.75, 3.05) is 33.4 Å². The van der Waals surface area contributed by atoms with Crippen LogP contribution in [0, 0.1) is 0 Å². The molecule has 19 heavy (non-hydrogen) atoms. The zero-order valence-electron chi connectivity index (χ0n) is 11.5. The van der Waals surface area contributed by atoms with Gasteiger partial charge in [0, 0.05) is 19.2 Å². The van der Waals surface area contributed by atoms with Gasteiger partial charge in [0.1, 0.15) is 18.1 Å². The van der Waals surface area contributed by atoms with Crippen molar-refractivity contribution in [1.82, 2.24) is 4.90 Å². The fourth-order valence-corrected chi connectivity index (χ4v) is 1.54. The van der Waals surface area contributed by atoms with Crippen molar-refractivity contribution in [3.05, 3.63) is 24.3 Å². The summed E-state index contributed by atoms with van der Waals surface area (Å²) < 4.78 is 11.0. The highest BCUT2D eigenvalue weighted by molar-refractivity contribution is 5.66. The van der Waals surface area contributed by atoms with Gasteiger partial charge in [-0.3, -0.25) is 4.79 Å². The Balaban J connectivity index is 2.28. The van der Waals surface area contributed by atoms with Gasteiger partial charge in [-0.2, -0.15) is 0 Å². The van der Waals surface area contributed by atoms with E-state index in [0.29, 0.717) is 26.3 Å². The van der Waals surface area contributed by atoms with Gasteiger partial charge in [-0.15, -0.1) is 0 Å². The fraction of sp³-hybridized carbons (Fsp3) is 0.500. The highest BCUT2D eigenvalue weighted by atomic mass is 16.5. The van der Waals surface area contributed by atoms with Crippen LogP contribution in [0.4, 0.5) is 0 Å². The molecule has 0 bridgehead atoms. The molecular formula is C14H21NO4. The van der Waals surface area contributed by atoms with E-state index in [1.807, 2.05) is 43.1 Å². The number of hydrogen-bond acceptors (Lipinski definition) is 4. The third kappa shape index (κ3) is 6.67. The predicted molar refractivity (Wildman–Crippen MR) is 72.9 cm³/mol. The van der Waals surface area contributed by atoms with Crippen LogP contribution < -0.4 is 9.47 Å². The molecule has 0 saturated carbocycles. The summed E-state index contributed by atoms with van der Waals surface area (Å²) in [5.41, 5.74) is 0. The summed E-state index contributed by atoms with van der Waals surface area (Å²) in [6.07, 6.45) is 0.149. The number of benzene rings is 1. The van der Waals surface area contributed by atoms with E-state index in [-0.39, 0.29) is 6.42 Å². The third-order valence-electron chi connectivity index (χ3n) is 2.57. The molecule has 0 aliphatic rings. The normalized spacial score (nSPS) is 10.5. The Kier molecular flexibility index (Phi) is 6.74. The first-order chi connectivity index (χ1) is 9.11. The highest BCUT2D eigenvalue weighted by Crippen LogP contribution is 2.19. The number of carboxylic acid groups (broad SMARTS) is 1. The molecule has 1 aromatic rings. The highest BCUT2D eigenvalue weighted by Gasteiger charge is 2.03.